The molecule has 200 valence electrons. The number of carbonyl (C=O) groups is 1. The first-order chi connectivity index (χ1) is 17.7. The summed E-state index contributed by atoms with van der Waals surface area (Å²) in [5.41, 5.74) is 0.339. The molecule has 0 aliphatic carbocycles. The number of rotatable bonds is 5. The first-order valence-corrected chi connectivity index (χ1v) is 13.2. The van der Waals surface area contributed by atoms with Crippen molar-refractivity contribution in [1.29, 1.82) is 0 Å². The molecule has 0 unspecified atom stereocenters. The smallest absolute Gasteiger partial charge is 0.240 e. The number of nitrogens with zero attached hydrogens (tertiary/aromatic N) is 5. The van der Waals surface area contributed by atoms with Crippen LogP contribution in [-0.2, 0) is 11.3 Å². The maximum absolute atomic E-state index is 15.3. The summed E-state index contributed by atoms with van der Waals surface area (Å²) in [5, 5.41) is 6.18. The fourth-order valence-corrected chi connectivity index (χ4v) is 5.74. The summed E-state index contributed by atoms with van der Waals surface area (Å²) in [7, 11) is 1.81. The number of carbonyl (C=O) groups excluding carboxylic acids is 1. The highest BCUT2D eigenvalue weighted by Gasteiger charge is 2.42. The van der Waals surface area contributed by atoms with E-state index >= 15 is 8.78 Å². The number of hydrogen-bond donors (Lipinski definition) is 2. The number of piperazine rings is 1. The standard InChI is InChI=1S/C27H37F2N7O/c1-26(2)4-8-34(9-5-26)15-19-12-21(29)22(13-20(19)28)36-16-25(37)33-27(17-36)6-10-35(11-7-27)24-14-23(30-3)31-18-32-24/h12-14,18H,4-11,15-17H2,1-3H3,(H,33,37)(H,30,31,32). The third kappa shape index (κ3) is 5.63. The van der Waals surface area contributed by atoms with E-state index in [0.29, 0.717) is 50.0 Å². The molecule has 2 N–H and O–H groups in total. The van der Waals surface area contributed by atoms with Crippen LogP contribution in [0.4, 0.5) is 26.1 Å². The lowest BCUT2D eigenvalue weighted by molar-refractivity contribution is -0.123. The second-order valence-electron chi connectivity index (χ2n) is 11.5. The Kier molecular flexibility index (Phi) is 6.95. The summed E-state index contributed by atoms with van der Waals surface area (Å²) in [6.07, 6.45) is 4.99. The van der Waals surface area contributed by atoms with E-state index in [1.165, 1.54) is 18.5 Å². The van der Waals surface area contributed by atoms with Gasteiger partial charge in [-0.2, -0.15) is 0 Å². The predicted molar refractivity (Wildman–Crippen MR) is 141 cm³/mol. The zero-order valence-corrected chi connectivity index (χ0v) is 22.0. The van der Waals surface area contributed by atoms with Crippen molar-refractivity contribution in [3.63, 3.8) is 0 Å². The van der Waals surface area contributed by atoms with Crippen LogP contribution in [0.25, 0.3) is 0 Å². The molecule has 0 bridgehead atoms. The lowest BCUT2D eigenvalue weighted by Gasteiger charge is -2.48. The van der Waals surface area contributed by atoms with Crippen molar-refractivity contribution in [3.05, 3.63) is 41.7 Å². The summed E-state index contributed by atoms with van der Waals surface area (Å²) < 4.78 is 30.5. The molecule has 1 amide bonds. The van der Waals surface area contributed by atoms with Crippen LogP contribution in [0, 0.1) is 17.0 Å². The Labute approximate surface area is 217 Å². The van der Waals surface area contributed by atoms with Gasteiger partial charge in [-0.05, 0) is 50.3 Å². The largest absolute Gasteiger partial charge is 0.373 e. The van der Waals surface area contributed by atoms with Gasteiger partial charge >= 0.3 is 0 Å². The maximum atomic E-state index is 15.3. The fraction of sp³-hybridized carbons (Fsp3) is 0.593. The van der Waals surface area contributed by atoms with Gasteiger partial charge in [0.15, 0.2) is 0 Å². The Morgan fingerprint density at radius 2 is 1.70 bits per heavy atom. The quantitative estimate of drug-likeness (QED) is 0.635. The molecule has 0 atom stereocenters. The third-order valence-corrected chi connectivity index (χ3v) is 8.25. The highest BCUT2D eigenvalue weighted by Crippen LogP contribution is 2.34. The van der Waals surface area contributed by atoms with Crippen molar-refractivity contribution in [2.75, 3.05) is 61.4 Å². The molecule has 2 aromatic rings. The van der Waals surface area contributed by atoms with Crippen molar-refractivity contribution in [2.45, 2.75) is 51.6 Å². The number of benzene rings is 1. The number of aromatic nitrogens is 2. The molecular formula is C27H37F2N7O. The van der Waals surface area contributed by atoms with Crippen LogP contribution in [0.1, 0.15) is 45.1 Å². The van der Waals surface area contributed by atoms with Gasteiger partial charge in [-0.1, -0.05) is 13.8 Å². The van der Waals surface area contributed by atoms with E-state index in [2.05, 4.69) is 44.2 Å². The Balaban J connectivity index is 1.27. The average molecular weight is 514 g/mol. The van der Waals surface area contributed by atoms with Crippen LogP contribution in [0.3, 0.4) is 0 Å². The van der Waals surface area contributed by atoms with E-state index in [9.17, 15) is 4.79 Å². The number of likely N-dealkylation sites (tertiary alicyclic amines) is 1. The van der Waals surface area contributed by atoms with Gasteiger partial charge < -0.3 is 20.4 Å². The van der Waals surface area contributed by atoms with Crippen LogP contribution >= 0.6 is 0 Å². The zero-order valence-electron chi connectivity index (χ0n) is 22.0. The topological polar surface area (TPSA) is 76.6 Å². The van der Waals surface area contributed by atoms with E-state index in [1.54, 1.807) is 4.90 Å². The minimum Gasteiger partial charge on any atom is -0.373 e. The molecule has 3 saturated heterocycles. The molecule has 0 saturated carbocycles. The van der Waals surface area contributed by atoms with Crippen molar-refractivity contribution in [1.82, 2.24) is 20.2 Å². The van der Waals surface area contributed by atoms with Gasteiger partial charge in [-0.3, -0.25) is 9.69 Å². The molecule has 37 heavy (non-hydrogen) atoms. The van der Waals surface area contributed by atoms with E-state index in [-0.39, 0.29) is 18.1 Å². The van der Waals surface area contributed by atoms with Gasteiger partial charge in [-0.25, -0.2) is 18.7 Å². The summed E-state index contributed by atoms with van der Waals surface area (Å²) in [4.78, 5) is 27.3. The lowest BCUT2D eigenvalue weighted by Crippen LogP contribution is -2.66. The first-order valence-electron chi connectivity index (χ1n) is 13.2. The molecule has 3 aliphatic rings. The van der Waals surface area contributed by atoms with E-state index in [0.717, 1.165) is 37.6 Å². The molecule has 1 aromatic carbocycles. The molecule has 4 heterocycles. The Bertz CT molecular complexity index is 1140. The SMILES string of the molecule is CNc1cc(N2CCC3(CC2)CN(c2cc(F)c(CN4CCC(C)(C)CC4)cc2F)CC(=O)N3)ncn1. The molecule has 5 rings (SSSR count). The van der Waals surface area contributed by atoms with Gasteiger partial charge in [0.2, 0.25) is 5.91 Å². The van der Waals surface area contributed by atoms with Crippen LogP contribution in [0.15, 0.2) is 24.5 Å². The lowest BCUT2D eigenvalue weighted by atomic mass is 9.82. The number of piperidine rings is 2. The highest BCUT2D eigenvalue weighted by atomic mass is 19.1. The minimum absolute atomic E-state index is 0.0137. The van der Waals surface area contributed by atoms with Crippen molar-refractivity contribution >= 4 is 23.2 Å². The summed E-state index contributed by atoms with van der Waals surface area (Å²) in [5.74, 6) is 0.512. The second kappa shape index (κ2) is 10.0. The number of amides is 1. The molecule has 8 nitrogen and oxygen atoms in total. The molecular weight excluding hydrogens is 476 g/mol. The Hall–Kier alpha value is -3.01. The number of hydrogen-bond acceptors (Lipinski definition) is 7. The molecule has 10 heteroatoms. The number of halogens is 2. The van der Waals surface area contributed by atoms with E-state index in [4.69, 9.17) is 0 Å². The average Bonchev–Trinajstić information content (AvgIpc) is 2.87. The van der Waals surface area contributed by atoms with Gasteiger partial charge in [0.1, 0.15) is 29.6 Å². The zero-order chi connectivity index (χ0) is 26.2. The van der Waals surface area contributed by atoms with Crippen molar-refractivity contribution in [3.8, 4) is 0 Å². The van der Waals surface area contributed by atoms with Crippen molar-refractivity contribution < 1.29 is 13.6 Å². The molecule has 1 aromatic heterocycles. The normalized spacial score (nSPS) is 21.7. The van der Waals surface area contributed by atoms with Crippen LogP contribution in [-0.4, -0.2) is 72.6 Å². The van der Waals surface area contributed by atoms with E-state index in [1.807, 2.05) is 13.1 Å². The minimum atomic E-state index is -0.493. The summed E-state index contributed by atoms with van der Waals surface area (Å²) in [6.45, 7) is 8.50. The maximum Gasteiger partial charge on any atom is 0.240 e. The fourth-order valence-electron chi connectivity index (χ4n) is 5.74. The van der Waals surface area contributed by atoms with Crippen LogP contribution in [0.5, 0.6) is 0 Å². The first kappa shape index (κ1) is 25.6. The van der Waals surface area contributed by atoms with E-state index < -0.39 is 17.2 Å². The van der Waals surface area contributed by atoms with Crippen molar-refractivity contribution in [2.24, 2.45) is 5.41 Å². The number of nitrogens with one attached hydrogen (secondary N) is 2. The molecule has 3 fully saturated rings. The second-order valence-corrected chi connectivity index (χ2v) is 11.5. The van der Waals surface area contributed by atoms with Gasteiger partial charge in [0.25, 0.3) is 0 Å². The molecule has 3 aliphatic heterocycles. The van der Waals surface area contributed by atoms with Gasteiger partial charge in [0, 0.05) is 50.9 Å². The Morgan fingerprint density at radius 1 is 0.973 bits per heavy atom. The predicted octanol–water partition coefficient (Wildman–Crippen LogP) is 3.39. The molecule has 1 spiro atoms. The summed E-state index contributed by atoms with van der Waals surface area (Å²) >= 11 is 0. The highest BCUT2D eigenvalue weighted by molar-refractivity contribution is 5.84. The van der Waals surface area contributed by atoms with Crippen LogP contribution in [0.2, 0.25) is 0 Å². The molecule has 0 radical (unpaired) electrons. The summed E-state index contributed by atoms with van der Waals surface area (Å²) in [6, 6.07) is 4.50. The third-order valence-electron chi connectivity index (χ3n) is 8.25. The van der Waals surface area contributed by atoms with Crippen LogP contribution < -0.4 is 20.4 Å². The Morgan fingerprint density at radius 3 is 2.41 bits per heavy atom. The monoisotopic (exact) mass is 513 g/mol. The number of anilines is 3. The van der Waals surface area contributed by atoms with Gasteiger partial charge in [-0.15, -0.1) is 0 Å². The van der Waals surface area contributed by atoms with Gasteiger partial charge in [0.05, 0.1) is 17.8 Å².